The number of carbonyl (C=O) groups is 2. The number of primary amides is 1. The Bertz CT molecular complexity index is 792. The summed E-state index contributed by atoms with van der Waals surface area (Å²) >= 11 is 1.45. The lowest BCUT2D eigenvalue weighted by atomic mass is 10.2. The van der Waals surface area contributed by atoms with Gasteiger partial charge in [-0.3, -0.25) is 4.79 Å². The molecule has 0 bridgehead atoms. The van der Waals surface area contributed by atoms with Crippen LogP contribution in [0.25, 0.3) is 6.08 Å². The van der Waals surface area contributed by atoms with E-state index in [0.29, 0.717) is 11.6 Å². The van der Waals surface area contributed by atoms with Gasteiger partial charge in [-0.05, 0) is 35.2 Å². The molecule has 0 radical (unpaired) electrons. The minimum atomic E-state index is -0.541. The number of amides is 1. The van der Waals surface area contributed by atoms with E-state index in [2.05, 4.69) is 4.99 Å². The molecule has 1 aliphatic heterocycles. The zero-order valence-electron chi connectivity index (χ0n) is 11.9. The van der Waals surface area contributed by atoms with Gasteiger partial charge in [0.05, 0.1) is 4.88 Å². The van der Waals surface area contributed by atoms with Gasteiger partial charge in [0.15, 0.2) is 12.3 Å². The van der Waals surface area contributed by atoms with Crippen LogP contribution in [-0.2, 0) is 14.3 Å². The van der Waals surface area contributed by atoms with E-state index in [1.165, 1.54) is 11.3 Å². The quantitative estimate of drug-likeness (QED) is 0.671. The Kier molecular flexibility index (Phi) is 4.20. The minimum absolute atomic E-state index is 0.179. The molecular weight excluding hydrogens is 316 g/mol. The van der Waals surface area contributed by atoms with E-state index >= 15 is 0 Å². The van der Waals surface area contributed by atoms with Crippen molar-refractivity contribution in [3.05, 3.63) is 57.9 Å². The number of ether oxygens (including phenoxy) is 2. The SMILES string of the molecule is NC(=O)COc1ccc(/C=C2\N=C(c3cccs3)OC2=O)cc1. The maximum absolute atomic E-state index is 11.9. The van der Waals surface area contributed by atoms with Crippen molar-refractivity contribution >= 4 is 35.2 Å². The minimum Gasteiger partial charge on any atom is -0.484 e. The summed E-state index contributed by atoms with van der Waals surface area (Å²) in [6.45, 7) is -0.179. The van der Waals surface area contributed by atoms with E-state index in [9.17, 15) is 9.59 Å². The van der Waals surface area contributed by atoms with Gasteiger partial charge in [0.2, 0.25) is 5.90 Å². The van der Waals surface area contributed by atoms with Crippen LogP contribution in [0.5, 0.6) is 5.75 Å². The standard InChI is InChI=1S/C16H12N2O4S/c17-14(19)9-21-11-5-3-10(4-6-11)8-12-16(20)22-15(18-12)13-2-1-7-23-13/h1-8H,9H2,(H2,17,19)/b12-8-. The Labute approximate surface area is 135 Å². The fourth-order valence-electron chi connectivity index (χ4n) is 1.89. The molecule has 0 saturated heterocycles. The number of thiophene rings is 1. The normalized spacial score (nSPS) is 15.4. The third-order valence-electron chi connectivity index (χ3n) is 2.92. The van der Waals surface area contributed by atoms with Gasteiger partial charge in [0, 0.05) is 0 Å². The molecule has 0 saturated carbocycles. The van der Waals surface area contributed by atoms with E-state index in [-0.39, 0.29) is 12.3 Å². The van der Waals surface area contributed by atoms with Crippen molar-refractivity contribution in [3.63, 3.8) is 0 Å². The smallest absolute Gasteiger partial charge is 0.363 e. The highest BCUT2D eigenvalue weighted by molar-refractivity contribution is 7.12. The Balaban J connectivity index is 1.76. The number of hydrogen-bond acceptors (Lipinski definition) is 6. The molecule has 0 aliphatic carbocycles. The van der Waals surface area contributed by atoms with Gasteiger partial charge >= 0.3 is 5.97 Å². The number of nitrogens with two attached hydrogens (primary N) is 1. The Morgan fingerprint density at radius 3 is 2.74 bits per heavy atom. The topological polar surface area (TPSA) is 91.0 Å². The molecule has 0 spiro atoms. The number of hydrogen-bond donors (Lipinski definition) is 1. The fourth-order valence-corrected chi connectivity index (χ4v) is 2.54. The molecule has 7 heteroatoms. The van der Waals surface area contributed by atoms with Crippen molar-refractivity contribution in [2.24, 2.45) is 10.7 Å². The van der Waals surface area contributed by atoms with Crippen molar-refractivity contribution in [3.8, 4) is 5.75 Å². The maximum atomic E-state index is 11.9. The zero-order chi connectivity index (χ0) is 16.2. The highest BCUT2D eigenvalue weighted by Gasteiger charge is 2.24. The van der Waals surface area contributed by atoms with E-state index in [1.54, 1.807) is 30.3 Å². The van der Waals surface area contributed by atoms with Gasteiger partial charge in [0.1, 0.15) is 5.75 Å². The summed E-state index contributed by atoms with van der Waals surface area (Å²) in [5.74, 6) is -0.191. The molecule has 0 unspecified atom stereocenters. The summed E-state index contributed by atoms with van der Waals surface area (Å²) in [5, 5.41) is 1.89. The van der Waals surface area contributed by atoms with Crippen molar-refractivity contribution in [2.45, 2.75) is 0 Å². The molecule has 6 nitrogen and oxygen atoms in total. The predicted molar refractivity (Wildman–Crippen MR) is 86.1 cm³/mol. The number of esters is 1. The lowest BCUT2D eigenvalue weighted by Gasteiger charge is -2.03. The second-order valence-electron chi connectivity index (χ2n) is 4.64. The average Bonchev–Trinajstić information content (AvgIpc) is 3.17. The van der Waals surface area contributed by atoms with Crippen LogP contribution < -0.4 is 10.5 Å². The van der Waals surface area contributed by atoms with Gasteiger partial charge in [-0.15, -0.1) is 11.3 Å². The highest BCUT2D eigenvalue weighted by atomic mass is 32.1. The largest absolute Gasteiger partial charge is 0.484 e. The van der Waals surface area contributed by atoms with Crippen molar-refractivity contribution in [1.29, 1.82) is 0 Å². The van der Waals surface area contributed by atoms with Gasteiger partial charge in [0.25, 0.3) is 5.91 Å². The van der Waals surface area contributed by atoms with Crippen LogP contribution in [0.3, 0.4) is 0 Å². The van der Waals surface area contributed by atoms with Gasteiger partial charge < -0.3 is 15.2 Å². The molecule has 116 valence electrons. The van der Waals surface area contributed by atoms with Crippen molar-refractivity contribution in [2.75, 3.05) is 6.61 Å². The molecule has 0 atom stereocenters. The van der Waals surface area contributed by atoms with Crippen LogP contribution in [0.1, 0.15) is 10.4 Å². The second kappa shape index (κ2) is 6.45. The number of rotatable bonds is 5. The molecule has 2 aromatic rings. The predicted octanol–water partition coefficient (Wildman–Crippen LogP) is 1.96. The van der Waals surface area contributed by atoms with Crippen LogP contribution in [0.15, 0.2) is 52.5 Å². The third kappa shape index (κ3) is 3.64. The molecule has 3 rings (SSSR count). The lowest BCUT2D eigenvalue weighted by molar-refractivity contribution is -0.130. The number of nitrogens with zero attached hydrogens (tertiary/aromatic N) is 1. The summed E-state index contributed by atoms with van der Waals surface area (Å²) in [6, 6.07) is 10.6. The second-order valence-corrected chi connectivity index (χ2v) is 5.59. The first-order valence-electron chi connectivity index (χ1n) is 6.69. The van der Waals surface area contributed by atoms with Crippen LogP contribution >= 0.6 is 11.3 Å². The Hall–Kier alpha value is -2.93. The van der Waals surface area contributed by atoms with E-state index < -0.39 is 11.9 Å². The molecule has 1 aromatic heterocycles. The van der Waals surface area contributed by atoms with E-state index in [0.717, 1.165) is 10.4 Å². The van der Waals surface area contributed by atoms with Crippen LogP contribution in [0.2, 0.25) is 0 Å². The van der Waals surface area contributed by atoms with E-state index in [1.807, 2.05) is 17.5 Å². The first-order valence-corrected chi connectivity index (χ1v) is 7.57. The van der Waals surface area contributed by atoms with Gasteiger partial charge in [-0.2, -0.15) is 0 Å². The van der Waals surface area contributed by atoms with Crippen molar-refractivity contribution < 1.29 is 19.1 Å². The lowest BCUT2D eigenvalue weighted by Crippen LogP contribution is -2.19. The number of carbonyl (C=O) groups excluding carboxylic acids is 2. The summed E-state index contributed by atoms with van der Waals surface area (Å²) in [5.41, 5.74) is 6.01. The van der Waals surface area contributed by atoms with Crippen molar-refractivity contribution in [1.82, 2.24) is 0 Å². The molecule has 2 heterocycles. The van der Waals surface area contributed by atoms with Crippen LogP contribution in [-0.4, -0.2) is 24.4 Å². The summed E-state index contributed by atoms with van der Waals surface area (Å²) in [6.07, 6.45) is 1.63. The first kappa shape index (κ1) is 15.0. The molecule has 2 N–H and O–H groups in total. The first-order chi connectivity index (χ1) is 11.1. The molecule has 1 aromatic carbocycles. The van der Waals surface area contributed by atoms with Gasteiger partial charge in [-0.1, -0.05) is 18.2 Å². The summed E-state index contributed by atoms with van der Waals surface area (Å²) < 4.78 is 10.3. The molecule has 1 amide bonds. The van der Waals surface area contributed by atoms with E-state index in [4.69, 9.17) is 15.2 Å². The number of aliphatic imine (C=N–C) groups is 1. The van der Waals surface area contributed by atoms with Gasteiger partial charge in [-0.25, -0.2) is 9.79 Å². The summed E-state index contributed by atoms with van der Waals surface area (Å²) in [7, 11) is 0. The van der Waals surface area contributed by atoms with Crippen LogP contribution in [0.4, 0.5) is 0 Å². The average molecular weight is 328 g/mol. The summed E-state index contributed by atoms with van der Waals surface area (Å²) in [4.78, 5) is 27.5. The molecule has 1 aliphatic rings. The van der Waals surface area contributed by atoms with Crippen LogP contribution in [0, 0.1) is 0 Å². The fraction of sp³-hybridized carbons (Fsp3) is 0.0625. The number of benzene rings is 1. The zero-order valence-corrected chi connectivity index (χ0v) is 12.7. The monoisotopic (exact) mass is 328 g/mol. The number of cyclic esters (lactones) is 1. The maximum Gasteiger partial charge on any atom is 0.363 e. The third-order valence-corrected chi connectivity index (χ3v) is 3.77. The molecule has 23 heavy (non-hydrogen) atoms. The Morgan fingerprint density at radius 2 is 2.09 bits per heavy atom. The molecule has 0 fully saturated rings. The highest BCUT2D eigenvalue weighted by Crippen LogP contribution is 2.22. The molecular formula is C16H12N2O4S. The Morgan fingerprint density at radius 1 is 1.30 bits per heavy atom.